The van der Waals surface area contributed by atoms with Crippen LogP contribution in [-0.4, -0.2) is 42.9 Å². The summed E-state index contributed by atoms with van der Waals surface area (Å²) in [5.41, 5.74) is 1.59. The summed E-state index contributed by atoms with van der Waals surface area (Å²) in [5, 5.41) is 3.71. The average Bonchev–Trinajstić information content (AvgIpc) is 3.03. The van der Waals surface area contributed by atoms with Crippen molar-refractivity contribution in [2.75, 3.05) is 31.9 Å². The number of likely N-dealkylation sites (tertiary alicyclic amines) is 1. The third kappa shape index (κ3) is 2.32. The summed E-state index contributed by atoms with van der Waals surface area (Å²) in [6, 6.07) is 9.76. The topological polar surface area (TPSA) is 15.3 Å². The first-order valence-electron chi connectivity index (χ1n) is 7.57. The number of hydrogen-bond donors (Lipinski definition) is 1. The summed E-state index contributed by atoms with van der Waals surface area (Å²) in [5.74, 6) is 2.94. The van der Waals surface area contributed by atoms with Gasteiger partial charge in [-0.1, -0.05) is 18.2 Å². The molecule has 1 unspecified atom stereocenters. The Labute approximate surface area is 119 Å². The van der Waals surface area contributed by atoms with Crippen molar-refractivity contribution >= 4 is 11.8 Å². The van der Waals surface area contributed by atoms with Crippen LogP contribution in [0, 0.1) is 5.92 Å². The van der Waals surface area contributed by atoms with Crippen LogP contribution in [0.15, 0.2) is 29.2 Å². The molecule has 0 aliphatic carbocycles. The lowest BCUT2D eigenvalue weighted by Crippen LogP contribution is -2.40. The zero-order chi connectivity index (χ0) is 12.7. The Kier molecular flexibility index (Phi) is 3.30. The van der Waals surface area contributed by atoms with Crippen LogP contribution in [-0.2, 0) is 0 Å². The van der Waals surface area contributed by atoms with Crippen molar-refractivity contribution in [2.45, 2.75) is 29.7 Å². The van der Waals surface area contributed by atoms with E-state index in [1.54, 1.807) is 5.56 Å². The SMILES string of the molecule is c1ccc2c(c1)SCC2CN1C[C@@H]2CCCN[C@@H]2C1. The lowest BCUT2D eigenvalue weighted by Gasteiger charge is -2.24. The smallest absolute Gasteiger partial charge is 0.0235 e. The maximum absolute atomic E-state index is 3.71. The molecule has 0 bridgehead atoms. The second kappa shape index (κ2) is 5.12. The zero-order valence-electron chi connectivity index (χ0n) is 11.3. The highest BCUT2D eigenvalue weighted by atomic mass is 32.2. The average molecular weight is 274 g/mol. The minimum atomic E-state index is 0.751. The maximum atomic E-state index is 3.71. The second-order valence-corrected chi connectivity index (χ2v) is 7.29. The maximum Gasteiger partial charge on any atom is 0.0235 e. The molecule has 1 aromatic carbocycles. The Bertz CT molecular complexity index is 448. The van der Waals surface area contributed by atoms with Gasteiger partial charge in [0.1, 0.15) is 0 Å². The summed E-state index contributed by atoms with van der Waals surface area (Å²) in [7, 11) is 0. The summed E-state index contributed by atoms with van der Waals surface area (Å²) in [6.07, 6.45) is 2.81. The van der Waals surface area contributed by atoms with Gasteiger partial charge in [0.05, 0.1) is 0 Å². The summed E-state index contributed by atoms with van der Waals surface area (Å²) in [4.78, 5) is 4.23. The number of hydrogen-bond acceptors (Lipinski definition) is 3. The molecule has 19 heavy (non-hydrogen) atoms. The van der Waals surface area contributed by atoms with E-state index in [-0.39, 0.29) is 0 Å². The Morgan fingerprint density at radius 2 is 2.21 bits per heavy atom. The molecule has 102 valence electrons. The number of fused-ring (bicyclic) bond motifs is 2. The van der Waals surface area contributed by atoms with Crippen LogP contribution in [0.25, 0.3) is 0 Å². The van der Waals surface area contributed by atoms with Crippen molar-refractivity contribution in [3.05, 3.63) is 29.8 Å². The van der Waals surface area contributed by atoms with Crippen molar-refractivity contribution in [1.29, 1.82) is 0 Å². The molecule has 3 heterocycles. The van der Waals surface area contributed by atoms with Gasteiger partial charge >= 0.3 is 0 Å². The van der Waals surface area contributed by atoms with Gasteiger partial charge in [-0.05, 0) is 36.9 Å². The number of nitrogens with one attached hydrogen (secondary N) is 1. The molecule has 0 radical (unpaired) electrons. The molecule has 0 amide bonds. The number of thioether (sulfide) groups is 1. The first-order chi connectivity index (χ1) is 9.40. The van der Waals surface area contributed by atoms with Crippen molar-refractivity contribution < 1.29 is 0 Å². The minimum absolute atomic E-state index is 0.751. The molecule has 1 N–H and O–H groups in total. The van der Waals surface area contributed by atoms with E-state index in [9.17, 15) is 0 Å². The minimum Gasteiger partial charge on any atom is -0.312 e. The first kappa shape index (κ1) is 12.2. The third-order valence-electron chi connectivity index (χ3n) is 4.95. The molecule has 0 saturated carbocycles. The molecule has 2 fully saturated rings. The molecular formula is C16H22N2S. The fourth-order valence-corrected chi connectivity index (χ4v) is 5.22. The summed E-state index contributed by atoms with van der Waals surface area (Å²) >= 11 is 2.04. The summed E-state index contributed by atoms with van der Waals surface area (Å²) < 4.78 is 0. The fraction of sp³-hybridized carbons (Fsp3) is 0.625. The molecule has 0 aromatic heterocycles. The Balaban J connectivity index is 1.43. The molecule has 3 atom stereocenters. The molecule has 1 aromatic rings. The Hall–Kier alpha value is -0.510. The van der Waals surface area contributed by atoms with Crippen molar-refractivity contribution in [1.82, 2.24) is 10.2 Å². The molecule has 3 aliphatic heterocycles. The highest BCUT2D eigenvalue weighted by Gasteiger charge is 2.36. The molecule has 0 spiro atoms. The predicted molar refractivity (Wildman–Crippen MR) is 80.9 cm³/mol. The van der Waals surface area contributed by atoms with Gasteiger partial charge in [0.15, 0.2) is 0 Å². The first-order valence-corrected chi connectivity index (χ1v) is 8.56. The van der Waals surface area contributed by atoms with Gasteiger partial charge in [-0.2, -0.15) is 0 Å². The second-order valence-electron chi connectivity index (χ2n) is 6.23. The highest BCUT2D eigenvalue weighted by Crippen LogP contribution is 2.40. The van der Waals surface area contributed by atoms with Crippen LogP contribution in [0.1, 0.15) is 24.3 Å². The zero-order valence-corrected chi connectivity index (χ0v) is 12.2. The van der Waals surface area contributed by atoms with Gasteiger partial charge in [-0.15, -0.1) is 11.8 Å². The van der Waals surface area contributed by atoms with Gasteiger partial charge < -0.3 is 10.2 Å². The van der Waals surface area contributed by atoms with Crippen LogP contribution in [0.4, 0.5) is 0 Å². The van der Waals surface area contributed by atoms with E-state index in [1.165, 1.54) is 49.7 Å². The fourth-order valence-electron chi connectivity index (χ4n) is 3.98. The van der Waals surface area contributed by atoms with Crippen LogP contribution in [0.2, 0.25) is 0 Å². The molecule has 3 heteroatoms. The molecule has 3 aliphatic rings. The predicted octanol–water partition coefficient (Wildman–Crippen LogP) is 2.56. The van der Waals surface area contributed by atoms with Gasteiger partial charge in [-0.25, -0.2) is 0 Å². The van der Waals surface area contributed by atoms with Crippen LogP contribution in [0.3, 0.4) is 0 Å². The summed E-state index contributed by atoms with van der Waals surface area (Å²) in [6.45, 7) is 5.09. The van der Waals surface area contributed by atoms with E-state index in [1.807, 2.05) is 11.8 Å². The van der Waals surface area contributed by atoms with Gasteiger partial charge in [0.25, 0.3) is 0 Å². The van der Waals surface area contributed by atoms with Crippen LogP contribution < -0.4 is 5.32 Å². The van der Waals surface area contributed by atoms with E-state index in [0.29, 0.717) is 0 Å². The van der Waals surface area contributed by atoms with E-state index >= 15 is 0 Å². The van der Waals surface area contributed by atoms with Crippen molar-refractivity contribution in [2.24, 2.45) is 5.92 Å². The number of nitrogens with zero attached hydrogens (tertiary/aromatic N) is 1. The van der Waals surface area contributed by atoms with Crippen LogP contribution >= 0.6 is 11.8 Å². The number of rotatable bonds is 2. The normalized spacial score (nSPS) is 34.2. The van der Waals surface area contributed by atoms with Gasteiger partial charge in [-0.3, -0.25) is 0 Å². The van der Waals surface area contributed by atoms with Crippen molar-refractivity contribution in [3.8, 4) is 0 Å². The molecular weight excluding hydrogens is 252 g/mol. The monoisotopic (exact) mass is 274 g/mol. The molecule has 2 saturated heterocycles. The lowest BCUT2D eigenvalue weighted by molar-refractivity contribution is 0.306. The van der Waals surface area contributed by atoms with Crippen molar-refractivity contribution in [3.63, 3.8) is 0 Å². The van der Waals surface area contributed by atoms with Gasteiger partial charge in [0, 0.05) is 42.2 Å². The quantitative estimate of drug-likeness (QED) is 0.892. The molecule has 2 nitrogen and oxygen atoms in total. The Morgan fingerprint density at radius 3 is 3.16 bits per heavy atom. The Morgan fingerprint density at radius 1 is 1.26 bits per heavy atom. The standard InChI is InChI=1S/C16H22N2S/c1-2-6-16-14(5-1)13(11-19-16)9-18-8-12-4-3-7-17-15(12)10-18/h1-2,5-6,12-13,15,17H,3-4,7-11H2/t12-,13?,15+/m0/s1. The number of piperidine rings is 1. The largest absolute Gasteiger partial charge is 0.312 e. The van der Waals surface area contributed by atoms with Crippen LogP contribution in [0.5, 0.6) is 0 Å². The third-order valence-corrected chi connectivity index (χ3v) is 6.20. The van der Waals surface area contributed by atoms with E-state index in [0.717, 1.165) is 17.9 Å². The lowest BCUT2D eigenvalue weighted by atomic mass is 9.94. The van der Waals surface area contributed by atoms with Gasteiger partial charge in [0.2, 0.25) is 0 Å². The van der Waals surface area contributed by atoms with E-state index in [2.05, 4.69) is 34.5 Å². The molecule has 4 rings (SSSR count). The number of benzene rings is 1. The van der Waals surface area contributed by atoms with E-state index < -0.39 is 0 Å². The van der Waals surface area contributed by atoms with E-state index in [4.69, 9.17) is 0 Å². The highest BCUT2D eigenvalue weighted by molar-refractivity contribution is 7.99.